The van der Waals surface area contributed by atoms with Gasteiger partial charge in [0, 0.05) is 29.8 Å². The highest BCUT2D eigenvalue weighted by molar-refractivity contribution is 5.95. The molecule has 1 aliphatic heterocycles. The van der Waals surface area contributed by atoms with Crippen LogP contribution in [0.4, 0.5) is 0 Å². The number of amides is 1. The summed E-state index contributed by atoms with van der Waals surface area (Å²) < 4.78 is 1.82. The number of hydrogen-bond acceptors (Lipinski definition) is 3. The van der Waals surface area contributed by atoms with E-state index in [1.807, 2.05) is 47.7 Å². The zero-order valence-electron chi connectivity index (χ0n) is 16.5. The van der Waals surface area contributed by atoms with Crippen LogP contribution in [0.15, 0.2) is 24.3 Å². The number of carbonyl (C=O) groups is 2. The summed E-state index contributed by atoms with van der Waals surface area (Å²) in [6.45, 7) is 8.87. The third-order valence-corrected chi connectivity index (χ3v) is 5.54. The first-order valence-electron chi connectivity index (χ1n) is 9.40. The van der Waals surface area contributed by atoms with Gasteiger partial charge in [-0.3, -0.25) is 9.59 Å². The van der Waals surface area contributed by atoms with E-state index < -0.39 is 5.97 Å². The molecule has 2 aromatic rings. The smallest absolute Gasteiger partial charge is 0.303 e. The van der Waals surface area contributed by atoms with Crippen LogP contribution >= 0.6 is 0 Å². The first-order valence-corrected chi connectivity index (χ1v) is 9.40. The number of benzene rings is 1. The highest BCUT2D eigenvalue weighted by Gasteiger charge is 2.35. The molecule has 0 unspecified atom stereocenters. The minimum absolute atomic E-state index is 0.0690. The fraction of sp³-hybridized carbons (Fsp3) is 0.476. The maximum Gasteiger partial charge on any atom is 0.303 e. The van der Waals surface area contributed by atoms with Crippen molar-refractivity contribution in [3.05, 3.63) is 46.8 Å². The molecule has 6 nitrogen and oxygen atoms in total. The van der Waals surface area contributed by atoms with E-state index in [1.165, 1.54) is 0 Å². The van der Waals surface area contributed by atoms with Crippen LogP contribution in [0.25, 0.3) is 5.69 Å². The Hall–Kier alpha value is -2.63. The van der Waals surface area contributed by atoms with Gasteiger partial charge < -0.3 is 10.0 Å². The molecule has 1 aliphatic rings. The number of carboxylic acid groups (broad SMARTS) is 1. The van der Waals surface area contributed by atoms with Crippen molar-refractivity contribution in [2.24, 2.45) is 0 Å². The van der Waals surface area contributed by atoms with E-state index in [4.69, 9.17) is 5.11 Å². The average Bonchev–Trinajstić information content (AvgIpc) is 3.11. The lowest BCUT2D eigenvalue weighted by atomic mass is 10.0. The van der Waals surface area contributed by atoms with Gasteiger partial charge in [-0.05, 0) is 76.8 Å². The van der Waals surface area contributed by atoms with Gasteiger partial charge >= 0.3 is 5.97 Å². The predicted octanol–water partition coefficient (Wildman–Crippen LogP) is 3.52. The van der Waals surface area contributed by atoms with Crippen molar-refractivity contribution in [1.29, 1.82) is 0 Å². The summed E-state index contributed by atoms with van der Waals surface area (Å²) in [4.78, 5) is 25.7. The number of nitrogens with zero attached hydrogens (tertiary/aromatic N) is 3. The number of carboxylic acids is 1. The fourth-order valence-electron chi connectivity index (χ4n) is 3.91. The number of likely N-dealkylation sites (tertiary alicyclic amines) is 1. The number of aliphatic carboxylic acids is 1. The van der Waals surface area contributed by atoms with Gasteiger partial charge in [-0.1, -0.05) is 0 Å². The summed E-state index contributed by atoms with van der Waals surface area (Å²) in [7, 11) is 0. The molecule has 27 heavy (non-hydrogen) atoms. The minimum Gasteiger partial charge on any atom is -0.481 e. The molecule has 3 rings (SSSR count). The van der Waals surface area contributed by atoms with Crippen LogP contribution in [0.3, 0.4) is 0 Å². The van der Waals surface area contributed by atoms with Gasteiger partial charge in [0.15, 0.2) is 0 Å². The zero-order valence-corrected chi connectivity index (χ0v) is 16.5. The number of aryl methyl sites for hydroxylation is 1. The summed E-state index contributed by atoms with van der Waals surface area (Å²) in [6.07, 6.45) is 2.63. The van der Waals surface area contributed by atoms with Crippen LogP contribution in [0.1, 0.15) is 60.4 Å². The summed E-state index contributed by atoms with van der Waals surface area (Å²) in [6, 6.07) is 7.49. The van der Waals surface area contributed by atoms with Crippen LogP contribution in [-0.2, 0) is 11.2 Å². The number of hydrogen-bond donors (Lipinski definition) is 1. The topological polar surface area (TPSA) is 75.4 Å². The average molecular weight is 369 g/mol. The second-order valence-electron chi connectivity index (χ2n) is 7.87. The Morgan fingerprint density at radius 2 is 1.85 bits per heavy atom. The number of aromatic nitrogens is 2. The Labute approximate surface area is 159 Å². The lowest BCUT2D eigenvalue weighted by molar-refractivity contribution is -0.136. The maximum absolute atomic E-state index is 12.8. The lowest BCUT2D eigenvalue weighted by Crippen LogP contribution is -2.42. The van der Waals surface area contributed by atoms with E-state index >= 15 is 0 Å². The zero-order chi connectivity index (χ0) is 19.8. The molecule has 144 valence electrons. The molecule has 1 saturated heterocycles. The normalized spacial score (nSPS) is 15.9. The summed E-state index contributed by atoms with van der Waals surface area (Å²) in [5.41, 5.74) is 4.21. The molecule has 1 aromatic heterocycles. The van der Waals surface area contributed by atoms with E-state index in [-0.39, 0.29) is 17.9 Å². The Bertz CT molecular complexity index is 866. The van der Waals surface area contributed by atoms with E-state index in [1.54, 1.807) is 0 Å². The van der Waals surface area contributed by atoms with Gasteiger partial charge in [0.1, 0.15) is 0 Å². The largest absolute Gasteiger partial charge is 0.481 e. The monoisotopic (exact) mass is 369 g/mol. The Balaban J connectivity index is 1.83. The van der Waals surface area contributed by atoms with Gasteiger partial charge in [0.25, 0.3) is 5.91 Å². The molecule has 0 radical (unpaired) electrons. The first-order chi connectivity index (χ1) is 12.7. The van der Waals surface area contributed by atoms with Crippen molar-refractivity contribution >= 4 is 11.9 Å². The molecule has 0 atom stereocenters. The molecule has 0 saturated carbocycles. The van der Waals surface area contributed by atoms with Crippen molar-refractivity contribution in [1.82, 2.24) is 14.7 Å². The van der Waals surface area contributed by atoms with Crippen LogP contribution in [0, 0.1) is 13.8 Å². The number of carbonyl (C=O) groups excluding carboxylic acids is 1. The Morgan fingerprint density at radius 1 is 1.19 bits per heavy atom. The molecular weight excluding hydrogens is 342 g/mol. The van der Waals surface area contributed by atoms with Gasteiger partial charge in [0.05, 0.1) is 11.4 Å². The SMILES string of the molecule is Cc1nn(-c2ccc(C(=O)N3CCCC3(C)C)cc2)c(C)c1CCC(=O)O. The van der Waals surface area contributed by atoms with Crippen molar-refractivity contribution in [2.45, 2.75) is 58.9 Å². The molecule has 1 aromatic carbocycles. The van der Waals surface area contributed by atoms with Crippen LogP contribution in [0.5, 0.6) is 0 Å². The van der Waals surface area contributed by atoms with E-state index in [0.717, 1.165) is 42.0 Å². The maximum atomic E-state index is 12.8. The van der Waals surface area contributed by atoms with Crippen LogP contribution in [0.2, 0.25) is 0 Å². The summed E-state index contributed by atoms with van der Waals surface area (Å²) in [5.74, 6) is -0.742. The van der Waals surface area contributed by atoms with Gasteiger partial charge in [-0.15, -0.1) is 0 Å². The second kappa shape index (κ2) is 7.18. The molecule has 2 heterocycles. The molecule has 0 bridgehead atoms. The molecule has 0 spiro atoms. The van der Waals surface area contributed by atoms with Crippen molar-refractivity contribution in [2.75, 3.05) is 6.54 Å². The van der Waals surface area contributed by atoms with E-state index in [9.17, 15) is 9.59 Å². The first kappa shape index (κ1) is 19.1. The predicted molar refractivity (Wildman–Crippen MR) is 103 cm³/mol. The van der Waals surface area contributed by atoms with Crippen molar-refractivity contribution in [3.63, 3.8) is 0 Å². The van der Waals surface area contributed by atoms with Gasteiger partial charge in [-0.2, -0.15) is 5.10 Å². The molecule has 6 heteroatoms. The Morgan fingerprint density at radius 3 is 2.41 bits per heavy atom. The third-order valence-electron chi connectivity index (χ3n) is 5.54. The Kier molecular flexibility index (Phi) is 5.09. The standard InChI is InChI=1S/C21H27N3O3/c1-14-18(10-11-19(25)26)15(2)24(22-14)17-8-6-16(7-9-17)20(27)23-13-5-12-21(23,3)4/h6-9H,5,10-13H2,1-4H3,(H,25,26). The molecule has 1 fully saturated rings. The molecular formula is C21H27N3O3. The van der Waals surface area contributed by atoms with Crippen LogP contribution in [-0.4, -0.2) is 43.7 Å². The second-order valence-corrected chi connectivity index (χ2v) is 7.87. The highest BCUT2D eigenvalue weighted by atomic mass is 16.4. The van der Waals surface area contributed by atoms with Gasteiger partial charge in [-0.25, -0.2) is 4.68 Å². The molecule has 0 aliphatic carbocycles. The van der Waals surface area contributed by atoms with Crippen LogP contribution < -0.4 is 0 Å². The molecule has 1 N–H and O–H groups in total. The van der Waals surface area contributed by atoms with Crippen molar-refractivity contribution in [3.8, 4) is 5.69 Å². The number of rotatable bonds is 5. The van der Waals surface area contributed by atoms with Crippen molar-refractivity contribution < 1.29 is 14.7 Å². The minimum atomic E-state index is -0.811. The lowest BCUT2D eigenvalue weighted by Gasteiger charge is -2.31. The van der Waals surface area contributed by atoms with Gasteiger partial charge in [0.2, 0.25) is 0 Å². The highest BCUT2D eigenvalue weighted by Crippen LogP contribution is 2.30. The fourth-order valence-corrected chi connectivity index (χ4v) is 3.91. The third kappa shape index (κ3) is 3.75. The summed E-state index contributed by atoms with van der Waals surface area (Å²) in [5, 5.41) is 13.5. The van der Waals surface area contributed by atoms with E-state index in [0.29, 0.717) is 12.0 Å². The summed E-state index contributed by atoms with van der Waals surface area (Å²) >= 11 is 0. The molecule has 1 amide bonds. The quantitative estimate of drug-likeness (QED) is 0.875. The van der Waals surface area contributed by atoms with E-state index in [2.05, 4.69) is 18.9 Å².